The van der Waals surface area contributed by atoms with E-state index >= 15 is 0 Å². The van der Waals surface area contributed by atoms with E-state index < -0.39 is 16.0 Å². The Kier molecular flexibility index (Phi) is 6.35. The van der Waals surface area contributed by atoms with Crippen molar-refractivity contribution in [2.75, 3.05) is 19.4 Å². The van der Waals surface area contributed by atoms with Gasteiger partial charge < -0.3 is 15.5 Å². The summed E-state index contributed by atoms with van der Waals surface area (Å²) >= 11 is 29.6. The Balaban J connectivity index is 2.99. The van der Waals surface area contributed by atoms with Gasteiger partial charge in [-0.3, -0.25) is 0 Å². The van der Waals surface area contributed by atoms with E-state index in [2.05, 4.69) is 10.6 Å². The zero-order chi connectivity index (χ0) is 15.5. The number of hydrogen-bond acceptors (Lipinski definition) is 2. The third kappa shape index (κ3) is 4.93. The van der Waals surface area contributed by atoms with Crippen molar-refractivity contribution in [1.29, 1.82) is 0 Å². The summed E-state index contributed by atoms with van der Waals surface area (Å²) in [5, 5.41) is 6.03. The number of hydrogen-bond donors (Lipinski definition) is 2. The van der Waals surface area contributed by atoms with Crippen LogP contribution in [0.1, 0.15) is 0 Å². The molecule has 0 heterocycles. The maximum Gasteiger partial charge on any atom is 0.318 e. The van der Waals surface area contributed by atoms with E-state index in [-0.39, 0.29) is 0 Å². The number of nitrogens with one attached hydrogen (secondary N) is 2. The minimum atomic E-state index is -1.80. The number of benzene rings is 1. The Morgan fingerprint density at radius 3 is 2.10 bits per heavy atom. The molecular formula is C11H12Cl5N3O. The average Bonchev–Trinajstić information content (AvgIpc) is 2.30. The Labute approximate surface area is 142 Å². The lowest BCUT2D eigenvalue weighted by Crippen LogP contribution is -2.52. The van der Waals surface area contributed by atoms with Crippen LogP contribution >= 0.6 is 58.0 Å². The molecule has 1 atom stereocenters. The number of anilines is 1. The second kappa shape index (κ2) is 7.14. The summed E-state index contributed by atoms with van der Waals surface area (Å²) in [4.78, 5) is 13.0. The fourth-order valence-corrected chi connectivity index (χ4v) is 2.07. The van der Waals surface area contributed by atoms with Gasteiger partial charge in [-0.1, -0.05) is 64.1 Å². The first-order valence-electron chi connectivity index (χ1n) is 5.38. The van der Waals surface area contributed by atoms with Crippen LogP contribution in [0.3, 0.4) is 0 Å². The molecule has 0 aliphatic heterocycles. The van der Waals surface area contributed by atoms with E-state index in [0.717, 1.165) is 0 Å². The maximum atomic E-state index is 11.7. The zero-order valence-corrected chi connectivity index (χ0v) is 14.3. The molecule has 0 fully saturated rings. The highest BCUT2D eigenvalue weighted by Crippen LogP contribution is 2.35. The third-order valence-electron chi connectivity index (χ3n) is 2.25. The van der Waals surface area contributed by atoms with Gasteiger partial charge in [0.15, 0.2) is 0 Å². The first-order valence-corrected chi connectivity index (χ1v) is 7.27. The third-order valence-corrected chi connectivity index (χ3v) is 3.54. The number of para-hydroxylation sites is 1. The molecule has 4 nitrogen and oxygen atoms in total. The molecular weight excluding hydrogens is 367 g/mol. The molecule has 112 valence electrons. The highest BCUT2D eigenvalue weighted by molar-refractivity contribution is 6.68. The molecule has 0 spiro atoms. The van der Waals surface area contributed by atoms with E-state index in [1.807, 2.05) is 0 Å². The molecule has 0 aromatic heterocycles. The van der Waals surface area contributed by atoms with Crippen LogP contribution in [-0.2, 0) is 0 Å². The van der Waals surface area contributed by atoms with Gasteiger partial charge in [0.05, 0.1) is 15.7 Å². The highest BCUT2D eigenvalue weighted by Gasteiger charge is 2.35. The summed E-state index contributed by atoms with van der Waals surface area (Å²) in [5.41, 5.74) is 0.367. The number of carbonyl (C=O) groups is 1. The Hall–Kier alpha value is -0.260. The summed E-state index contributed by atoms with van der Waals surface area (Å²) in [7, 11) is 3.13. The van der Waals surface area contributed by atoms with Gasteiger partial charge in [0.25, 0.3) is 0 Å². The van der Waals surface area contributed by atoms with Gasteiger partial charge in [0, 0.05) is 14.1 Å². The summed E-state index contributed by atoms with van der Waals surface area (Å²) in [5.74, 6) is 0. The number of alkyl halides is 3. The quantitative estimate of drug-likeness (QED) is 0.605. The normalized spacial score (nSPS) is 12.8. The number of halogens is 5. The number of urea groups is 1. The zero-order valence-electron chi connectivity index (χ0n) is 10.6. The molecule has 1 unspecified atom stereocenters. The SMILES string of the molecule is CN(C)C(=O)NC(Nc1c(Cl)cccc1Cl)C(Cl)(Cl)Cl. The lowest BCUT2D eigenvalue weighted by molar-refractivity contribution is 0.214. The Morgan fingerprint density at radius 2 is 1.70 bits per heavy atom. The number of nitrogens with zero attached hydrogens (tertiary/aromatic N) is 1. The van der Waals surface area contributed by atoms with Crippen LogP contribution in [0.15, 0.2) is 18.2 Å². The number of rotatable bonds is 3. The maximum absolute atomic E-state index is 11.7. The molecule has 1 aromatic rings. The van der Waals surface area contributed by atoms with E-state index in [0.29, 0.717) is 15.7 Å². The standard InChI is InChI=1S/C11H12Cl5N3O/c1-19(2)10(20)18-9(11(14,15)16)17-8-6(12)4-3-5-7(8)13/h3-5,9,17H,1-2H3,(H,18,20). The minimum Gasteiger partial charge on any atom is -0.359 e. The van der Waals surface area contributed by atoms with Crippen LogP contribution in [0.25, 0.3) is 0 Å². The van der Waals surface area contributed by atoms with Crippen molar-refractivity contribution >= 4 is 69.7 Å². The van der Waals surface area contributed by atoms with E-state index in [9.17, 15) is 4.79 Å². The van der Waals surface area contributed by atoms with Gasteiger partial charge in [0.2, 0.25) is 3.79 Å². The molecule has 9 heteroatoms. The molecule has 1 rings (SSSR count). The van der Waals surface area contributed by atoms with Gasteiger partial charge in [-0.05, 0) is 12.1 Å². The predicted octanol–water partition coefficient (Wildman–Crippen LogP) is 4.37. The fraction of sp³-hybridized carbons (Fsp3) is 0.364. The molecule has 0 aliphatic carbocycles. The van der Waals surface area contributed by atoms with E-state index in [1.54, 1.807) is 32.3 Å². The van der Waals surface area contributed by atoms with E-state index in [4.69, 9.17) is 58.0 Å². The second-order valence-electron chi connectivity index (χ2n) is 4.06. The molecule has 0 radical (unpaired) electrons. The summed E-state index contributed by atoms with van der Waals surface area (Å²) < 4.78 is -1.80. The monoisotopic (exact) mass is 377 g/mol. The molecule has 2 N–H and O–H groups in total. The van der Waals surface area contributed by atoms with Crippen LogP contribution in [0.5, 0.6) is 0 Å². The summed E-state index contributed by atoms with van der Waals surface area (Å²) in [6, 6.07) is 4.49. The molecule has 0 saturated heterocycles. The lowest BCUT2D eigenvalue weighted by atomic mass is 10.3. The fourth-order valence-electron chi connectivity index (χ4n) is 1.23. The first-order chi connectivity index (χ1) is 9.12. The Morgan fingerprint density at radius 1 is 1.20 bits per heavy atom. The van der Waals surface area contributed by atoms with Gasteiger partial charge in [-0.2, -0.15) is 0 Å². The van der Waals surface area contributed by atoms with Gasteiger partial charge in [-0.25, -0.2) is 4.79 Å². The summed E-state index contributed by atoms with van der Waals surface area (Å²) in [6.07, 6.45) is -1.01. The molecule has 0 bridgehead atoms. The highest BCUT2D eigenvalue weighted by atomic mass is 35.6. The van der Waals surface area contributed by atoms with Crippen molar-refractivity contribution < 1.29 is 4.79 Å². The predicted molar refractivity (Wildman–Crippen MR) is 86.4 cm³/mol. The van der Waals surface area contributed by atoms with Crippen molar-refractivity contribution in [1.82, 2.24) is 10.2 Å². The van der Waals surface area contributed by atoms with Crippen molar-refractivity contribution in [2.45, 2.75) is 9.96 Å². The lowest BCUT2D eigenvalue weighted by Gasteiger charge is -2.29. The molecule has 1 aromatic carbocycles. The van der Waals surface area contributed by atoms with Crippen molar-refractivity contribution in [3.8, 4) is 0 Å². The molecule has 20 heavy (non-hydrogen) atoms. The molecule has 0 saturated carbocycles. The van der Waals surface area contributed by atoms with Gasteiger partial charge in [-0.15, -0.1) is 0 Å². The van der Waals surface area contributed by atoms with Crippen LogP contribution < -0.4 is 10.6 Å². The largest absolute Gasteiger partial charge is 0.359 e. The first kappa shape index (κ1) is 17.8. The topological polar surface area (TPSA) is 44.4 Å². The molecule has 2 amide bonds. The Bertz CT molecular complexity index is 469. The van der Waals surface area contributed by atoms with Crippen LogP contribution in [-0.4, -0.2) is 35.0 Å². The number of amides is 2. The number of carbonyl (C=O) groups excluding carboxylic acids is 1. The average molecular weight is 380 g/mol. The smallest absolute Gasteiger partial charge is 0.318 e. The van der Waals surface area contributed by atoms with Crippen molar-refractivity contribution in [3.05, 3.63) is 28.2 Å². The molecule has 0 aliphatic rings. The van der Waals surface area contributed by atoms with Crippen LogP contribution in [0.4, 0.5) is 10.5 Å². The minimum absolute atomic E-state index is 0.343. The van der Waals surface area contributed by atoms with Crippen molar-refractivity contribution in [3.63, 3.8) is 0 Å². The van der Waals surface area contributed by atoms with Gasteiger partial charge >= 0.3 is 6.03 Å². The summed E-state index contributed by atoms with van der Waals surface area (Å²) in [6.45, 7) is 0. The van der Waals surface area contributed by atoms with Crippen molar-refractivity contribution in [2.24, 2.45) is 0 Å². The van der Waals surface area contributed by atoms with Crippen LogP contribution in [0, 0.1) is 0 Å². The van der Waals surface area contributed by atoms with Gasteiger partial charge in [0.1, 0.15) is 6.17 Å². The van der Waals surface area contributed by atoms with Crippen LogP contribution in [0.2, 0.25) is 10.0 Å². The second-order valence-corrected chi connectivity index (χ2v) is 7.24. The van der Waals surface area contributed by atoms with E-state index in [1.165, 1.54) is 4.90 Å².